The summed E-state index contributed by atoms with van der Waals surface area (Å²) in [5, 5.41) is 0. The molecule has 0 N–H and O–H groups in total. The van der Waals surface area contributed by atoms with E-state index >= 15 is 0 Å². The van der Waals surface area contributed by atoms with Crippen LogP contribution < -0.4 is 4.90 Å². The number of aryl methyl sites for hydroxylation is 2. The number of allylic oxidation sites excluding steroid dienone is 2. The standard InChI is InChI=1S/C16H25N3O/c1-13-11-14(2)18-16(17-13)19(9-10-20-3)12-15-7-5-4-6-8-15/h4-5,11,15H,6-10,12H2,1-3H3. The quantitative estimate of drug-likeness (QED) is 0.748. The number of nitrogens with zero attached hydrogens (tertiary/aromatic N) is 3. The van der Waals surface area contributed by atoms with Crippen LogP contribution in [0, 0.1) is 19.8 Å². The van der Waals surface area contributed by atoms with Gasteiger partial charge in [0.1, 0.15) is 0 Å². The Morgan fingerprint density at radius 2 is 2.00 bits per heavy atom. The third kappa shape index (κ3) is 4.30. The highest BCUT2D eigenvalue weighted by atomic mass is 16.5. The molecule has 1 heterocycles. The molecule has 0 aliphatic heterocycles. The zero-order valence-electron chi connectivity index (χ0n) is 12.8. The van der Waals surface area contributed by atoms with Gasteiger partial charge in [-0.05, 0) is 45.1 Å². The van der Waals surface area contributed by atoms with Crippen molar-refractivity contribution in [1.82, 2.24) is 9.97 Å². The number of anilines is 1. The van der Waals surface area contributed by atoms with Gasteiger partial charge in [-0.3, -0.25) is 0 Å². The van der Waals surface area contributed by atoms with Crippen molar-refractivity contribution in [3.63, 3.8) is 0 Å². The van der Waals surface area contributed by atoms with E-state index < -0.39 is 0 Å². The Morgan fingerprint density at radius 1 is 1.25 bits per heavy atom. The van der Waals surface area contributed by atoms with E-state index in [0.29, 0.717) is 12.5 Å². The Kier molecular flexibility index (Phi) is 5.53. The number of methoxy groups -OCH3 is 1. The average molecular weight is 275 g/mol. The molecule has 0 bridgehead atoms. The van der Waals surface area contributed by atoms with Gasteiger partial charge in [0, 0.05) is 31.6 Å². The van der Waals surface area contributed by atoms with Crippen LogP contribution in [0.15, 0.2) is 18.2 Å². The number of ether oxygens (including phenoxy) is 1. The molecule has 110 valence electrons. The van der Waals surface area contributed by atoms with E-state index in [0.717, 1.165) is 36.8 Å². The van der Waals surface area contributed by atoms with Gasteiger partial charge in [-0.15, -0.1) is 0 Å². The maximum absolute atomic E-state index is 5.23. The molecule has 1 aromatic rings. The minimum Gasteiger partial charge on any atom is -0.383 e. The van der Waals surface area contributed by atoms with Crippen LogP contribution in [0.5, 0.6) is 0 Å². The van der Waals surface area contributed by atoms with Gasteiger partial charge in [0.25, 0.3) is 0 Å². The highest BCUT2D eigenvalue weighted by Gasteiger charge is 2.17. The van der Waals surface area contributed by atoms with Crippen LogP contribution >= 0.6 is 0 Å². The van der Waals surface area contributed by atoms with E-state index in [2.05, 4.69) is 27.0 Å². The van der Waals surface area contributed by atoms with Crippen LogP contribution in [0.1, 0.15) is 30.7 Å². The molecule has 1 aliphatic carbocycles. The predicted octanol–water partition coefficient (Wildman–Crippen LogP) is 2.90. The van der Waals surface area contributed by atoms with Crippen LogP contribution in [-0.4, -0.2) is 36.8 Å². The lowest BCUT2D eigenvalue weighted by Crippen LogP contribution is -2.34. The van der Waals surface area contributed by atoms with Gasteiger partial charge in [-0.2, -0.15) is 0 Å². The third-order valence-corrected chi connectivity index (χ3v) is 3.67. The topological polar surface area (TPSA) is 38.2 Å². The molecule has 0 saturated heterocycles. The van der Waals surface area contributed by atoms with Crippen molar-refractivity contribution in [3.8, 4) is 0 Å². The molecule has 4 nitrogen and oxygen atoms in total. The van der Waals surface area contributed by atoms with Gasteiger partial charge in [0.2, 0.25) is 5.95 Å². The van der Waals surface area contributed by atoms with E-state index in [1.807, 2.05) is 19.9 Å². The highest BCUT2D eigenvalue weighted by Crippen LogP contribution is 2.21. The van der Waals surface area contributed by atoms with Gasteiger partial charge in [0.05, 0.1) is 6.61 Å². The third-order valence-electron chi connectivity index (χ3n) is 3.67. The fraction of sp³-hybridized carbons (Fsp3) is 0.625. The first-order valence-electron chi connectivity index (χ1n) is 7.40. The molecular weight excluding hydrogens is 250 g/mol. The van der Waals surface area contributed by atoms with Crippen LogP contribution in [0.3, 0.4) is 0 Å². The van der Waals surface area contributed by atoms with Crippen molar-refractivity contribution in [1.29, 1.82) is 0 Å². The summed E-state index contributed by atoms with van der Waals surface area (Å²) in [4.78, 5) is 11.5. The van der Waals surface area contributed by atoms with Gasteiger partial charge in [0.15, 0.2) is 0 Å². The van der Waals surface area contributed by atoms with Crippen molar-refractivity contribution >= 4 is 5.95 Å². The molecule has 2 rings (SSSR count). The fourth-order valence-electron chi connectivity index (χ4n) is 2.66. The van der Waals surface area contributed by atoms with Crippen molar-refractivity contribution in [2.24, 2.45) is 5.92 Å². The lowest BCUT2D eigenvalue weighted by molar-refractivity contribution is 0.203. The van der Waals surface area contributed by atoms with E-state index in [-0.39, 0.29) is 0 Å². The van der Waals surface area contributed by atoms with Crippen molar-refractivity contribution < 1.29 is 4.74 Å². The number of aromatic nitrogens is 2. The zero-order chi connectivity index (χ0) is 14.4. The largest absolute Gasteiger partial charge is 0.383 e. The maximum Gasteiger partial charge on any atom is 0.225 e. The second kappa shape index (κ2) is 7.39. The molecule has 0 amide bonds. The van der Waals surface area contributed by atoms with Gasteiger partial charge in [-0.25, -0.2) is 9.97 Å². The van der Waals surface area contributed by atoms with Gasteiger partial charge < -0.3 is 9.64 Å². The molecule has 1 aliphatic rings. The van der Waals surface area contributed by atoms with Crippen molar-refractivity contribution in [2.45, 2.75) is 33.1 Å². The molecule has 0 fully saturated rings. The number of hydrogen-bond acceptors (Lipinski definition) is 4. The van der Waals surface area contributed by atoms with Crippen LogP contribution in [0.4, 0.5) is 5.95 Å². The van der Waals surface area contributed by atoms with Gasteiger partial charge in [-0.1, -0.05) is 12.2 Å². The van der Waals surface area contributed by atoms with Crippen molar-refractivity contribution in [2.75, 3.05) is 31.7 Å². The molecular formula is C16H25N3O. The smallest absolute Gasteiger partial charge is 0.225 e. The van der Waals surface area contributed by atoms with Crippen LogP contribution in [0.25, 0.3) is 0 Å². The Balaban J connectivity index is 2.10. The monoisotopic (exact) mass is 275 g/mol. The fourth-order valence-corrected chi connectivity index (χ4v) is 2.66. The summed E-state index contributed by atoms with van der Waals surface area (Å²) in [6.45, 7) is 6.61. The van der Waals surface area contributed by atoms with E-state index in [1.165, 1.54) is 12.8 Å². The molecule has 0 aromatic carbocycles. The minimum atomic E-state index is 0.696. The SMILES string of the molecule is COCCN(CC1CC=CCC1)c1nc(C)cc(C)n1. The summed E-state index contributed by atoms with van der Waals surface area (Å²) >= 11 is 0. The molecule has 4 heteroatoms. The number of rotatable bonds is 6. The summed E-state index contributed by atoms with van der Waals surface area (Å²) in [5.74, 6) is 1.54. The Hall–Kier alpha value is -1.42. The zero-order valence-corrected chi connectivity index (χ0v) is 12.8. The normalized spacial score (nSPS) is 18.2. The molecule has 1 atom stereocenters. The second-order valence-corrected chi connectivity index (χ2v) is 5.54. The van der Waals surface area contributed by atoms with E-state index in [4.69, 9.17) is 4.74 Å². The lowest BCUT2D eigenvalue weighted by Gasteiger charge is -2.28. The molecule has 1 aromatic heterocycles. The molecule has 1 unspecified atom stereocenters. The van der Waals surface area contributed by atoms with Gasteiger partial charge >= 0.3 is 0 Å². The van der Waals surface area contributed by atoms with E-state index in [9.17, 15) is 0 Å². The average Bonchev–Trinajstić information content (AvgIpc) is 2.43. The Morgan fingerprint density at radius 3 is 2.60 bits per heavy atom. The molecule has 0 saturated carbocycles. The number of hydrogen-bond donors (Lipinski definition) is 0. The summed E-state index contributed by atoms with van der Waals surface area (Å²) < 4.78 is 5.23. The first-order valence-corrected chi connectivity index (χ1v) is 7.40. The molecule has 20 heavy (non-hydrogen) atoms. The summed E-state index contributed by atoms with van der Waals surface area (Å²) in [6.07, 6.45) is 8.18. The lowest BCUT2D eigenvalue weighted by atomic mass is 9.94. The highest BCUT2D eigenvalue weighted by molar-refractivity contribution is 5.32. The first kappa shape index (κ1) is 15.0. The predicted molar refractivity (Wildman–Crippen MR) is 82.1 cm³/mol. The minimum absolute atomic E-state index is 0.696. The Bertz CT molecular complexity index is 439. The Labute approximate surface area is 121 Å². The maximum atomic E-state index is 5.23. The second-order valence-electron chi connectivity index (χ2n) is 5.54. The summed E-state index contributed by atoms with van der Waals surface area (Å²) in [5.41, 5.74) is 2.05. The first-order chi connectivity index (χ1) is 9.69. The van der Waals surface area contributed by atoms with E-state index in [1.54, 1.807) is 7.11 Å². The van der Waals surface area contributed by atoms with Crippen molar-refractivity contribution in [3.05, 3.63) is 29.6 Å². The summed E-state index contributed by atoms with van der Waals surface area (Å²) in [7, 11) is 1.74. The molecule has 0 spiro atoms. The summed E-state index contributed by atoms with van der Waals surface area (Å²) in [6, 6.07) is 2.02. The van der Waals surface area contributed by atoms with Crippen LogP contribution in [0.2, 0.25) is 0 Å². The van der Waals surface area contributed by atoms with Crippen LogP contribution in [-0.2, 0) is 4.74 Å². The molecule has 0 radical (unpaired) electrons.